The first-order valence-corrected chi connectivity index (χ1v) is 11.4. The number of terminal acetylenes is 1. The Morgan fingerprint density at radius 2 is 1.97 bits per heavy atom. The van der Waals surface area contributed by atoms with Crippen molar-refractivity contribution >= 4 is 17.3 Å². The van der Waals surface area contributed by atoms with Crippen molar-refractivity contribution in [2.45, 2.75) is 70.6 Å². The van der Waals surface area contributed by atoms with E-state index in [0.717, 1.165) is 48.8 Å². The monoisotopic (exact) mass is 430 g/mol. The molecule has 2 aliphatic rings. The third-order valence-corrected chi connectivity index (χ3v) is 7.19. The third kappa shape index (κ3) is 4.14. The molecule has 2 aliphatic carbocycles. The van der Waals surface area contributed by atoms with Gasteiger partial charge in [0, 0.05) is 6.42 Å². The average Bonchev–Trinajstić information content (AvgIpc) is 3.45. The van der Waals surface area contributed by atoms with Gasteiger partial charge in [-0.25, -0.2) is 4.98 Å². The Hall–Kier alpha value is -3.13. The number of benzene rings is 1. The predicted octanol–water partition coefficient (Wildman–Crippen LogP) is 5.31. The quantitative estimate of drug-likeness (QED) is 0.481. The minimum Gasteiger partial charge on any atom is -0.481 e. The number of hydrogen-bond donors (Lipinski definition) is 2. The van der Waals surface area contributed by atoms with E-state index in [-0.39, 0.29) is 23.4 Å². The van der Waals surface area contributed by atoms with Crippen molar-refractivity contribution in [3.8, 4) is 12.3 Å². The number of carboxylic acid groups (broad SMARTS) is 1. The van der Waals surface area contributed by atoms with Gasteiger partial charge in [-0.3, -0.25) is 9.59 Å². The number of nitrogens with one attached hydrogen (secondary N) is 1. The minimum absolute atomic E-state index is 0.133. The van der Waals surface area contributed by atoms with Gasteiger partial charge in [-0.15, -0.1) is 6.42 Å². The Morgan fingerprint density at radius 1 is 1.22 bits per heavy atom. The number of carbonyl (C=O) groups excluding carboxylic acids is 1. The molecule has 0 aliphatic heterocycles. The summed E-state index contributed by atoms with van der Waals surface area (Å²) in [5.41, 5.74) is 3.87. The highest BCUT2D eigenvalue weighted by molar-refractivity contribution is 5.95. The van der Waals surface area contributed by atoms with Gasteiger partial charge >= 0.3 is 5.97 Å². The van der Waals surface area contributed by atoms with E-state index in [1.165, 1.54) is 11.8 Å². The molecule has 0 saturated heterocycles. The molecule has 1 saturated carbocycles. The fourth-order valence-electron chi connectivity index (χ4n) is 5.05. The fraction of sp³-hybridized carbons (Fsp3) is 0.444. The van der Waals surface area contributed by atoms with Crippen LogP contribution in [0, 0.1) is 17.8 Å². The van der Waals surface area contributed by atoms with Crippen LogP contribution < -0.4 is 0 Å². The number of aromatic amines is 1. The van der Waals surface area contributed by atoms with Crippen LogP contribution in [0.25, 0.3) is 5.57 Å². The van der Waals surface area contributed by atoms with Gasteiger partial charge in [0.2, 0.25) is 5.78 Å². The zero-order valence-corrected chi connectivity index (χ0v) is 18.8. The topological polar surface area (TPSA) is 83.1 Å². The Labute approximate surface area is 189 Å². The molecule has 0 spiro atoms. The van der Waals surface area contributed by atoms with Crippen LogP contribution in [-0.4, -0.2) is 26.8 Å². The average molecular weight is 431 g/mol. The molecule has 0 unspecified atom stereocenters. The van der Waals surface area contributed by atoms with E-state index in [1.54, 1.807) is 0 Å². The minimum atomic E-state index is -0.825. The van der Waals surface area contributed by atoms with Crippen molar-refractivity contribution in [3.05, 3.63) is 58.7 Å². The maximum absolute atomic E-state index is 12.9. The van der Waals surface area contributed by atoms with E-state index in [9.17, 15) is 14.7 Å². The summed E-state index contributed by atoms with van der Waals surface area (Å²) in [6.45, 7) is 4.53. The summed E-state index contributed by atoms with van der Waals surface area (Å²) in [7, 11) is 0. The zero-order valence-electron chi connectivity index (χ0n) is 18.8. The van der Waals surface area contributed by atoms with Crippen molar-refractivity contribution in [3.63, 3.8) is 0 Å². The van der Waals surface area contributed by atoms with Gasteiger partial charge < -0.3 is 10.1 Å². The highest BCUT2D eigenvalue weighted by Crippen LogP contribution is 2.44. The smallest absolute Gasteiger partial charge is 0.314 e. The Bertz CT molecular complexity index is 1120. The van der Waals surface area contributed by atoms with E-state index in [1.807, 2.05) is 18.2 Å². The lowest BCUT2D eigenvalue weighted by atomic mass is 9.74. The molecule has 4 rings (SSSR count). The summed E-state index contributed by atoms with van der Waals surface area (Å²) in [5.74, 6) is 1.83. The first-order chi connectivity index (χ1) is 15.2. The maximum Gasteiger partial charge on any atom is 0.314 e. The van der Waals surface area contributed by atoms with Gasteiger partial charge in [0.1, 0.15) is 5.69 Å². The lowest BCUT2D eigenvalue weighted by molar-refractivity contribution is -0.143. The second kappa shape index (κ2) is 8.43. The Morgan fingerprint density at radius 3 is 2.56 bits per heavy atom. The van der Waals surface area contributed by atoms with Gasteiger partial charge in [0.05, 0.1) is 11.6 Å². The number of hydrogen-bond acceptors (Lipinski definition) is 3. The lowest BCUT2D eigenvalue weighted by Gasteiger charge is -2.30. The van der Waals surface area contributed by atoms with Crippen molar-refractivity contribution in [2.75, 3.05) is 0 Å². The van der Waals surface area contributed by atoms with Gasteiger partial charge in [-0.1, -0.05) is 56.9 Å². The SMILES string of the molecule is C#Cc1cnc(C(=O)Cc2ccc(C3(C(=O)O)CCCC3)cc2C2=CCC(C)(C)CC2)[nH]1. The molecule has 32 heavy (non-hydrogen) atoms. The second-order valence-corrected chi connectivity index (χ2v) is 9.95. The number of carbonyl (C=O) groups is 2. The molecule has 0 radical (unpaired) electrons. The Kier molecular flexibility index (Phi) is 5.81. The molecule has 2 aromatic rings. The summed E-state index contributed by atoms with van der Waals surface area (Å²) in [6.07, 6.45) is 15.4. The van der Waals surface area contributed by atoms with Gasteiger partial charge in [0.15, 0.2) is 5.82 Å². The number of carboxylic acids is 1. The molecule has 0 amide bonds. The Balaban J connectivity index is 1.74. The van der Waals surface area contributed by atoms with Crippen LogP contribution in [-0.2, 0) is 16.6 Å². The van der Waals surface area contributed by atoms with E-state index in [0.29, 0.717) is 18.5 Å². The standard InChI is InChI=1S/C27H30N2O3/c1-4-21-17-28-24(29-21)23(30)15-19-7-8-20(27(25(31)32)11-5-6-12-27)16-22(19)18-9-13-26(2,3)14-10-18/h1,7-9,16-17H,5-6,10-15H2,2-3H3,(H,28,29)(H,31,32). The third-order valence-electron chi connectivity index (χ3n) is 7.19. The number of ketones is 1. The number of allylic oxidation sites excluding steroid dienone is 2. The van der Waals surface area contributed by atoms with E-state index >= 15 is 0 Å². The highest BCUT2D eigenvalue weighted by atomic mass is 16.4. The van der Waals surface area contributed by atoms with Crippen LogP contribution in [0.2, 0.25) is 0 Å². The first kappa shape index (κ1) is 22.1. The molecular weight excluding hydrogens is 400 g/mol. The van der Waals surface area contributed by atoms with Gasteiger partial charge in [-0.2, -0.15) is 0 Å². The molecule has 1 aromatic heterocycles. The molecule has 5 nitrogen and oxygen atoms in total. The summed E-state index contributed by atoms with van der Waals surface area (Å²) < 4.78 is 0. The van der Waals surface area contributed by atoms with Crippen LogP contribution >= 0.6 is 0 Å². The number of aliphatic carboxylic acids is 1. The van der Waals surface area contributed by atoms with Crippen LogP contribution in [0.3, 0.4) is 0 Å². The molecule has 2 N–H and O–H groups in total. The van der Waals surface area contributed by atoms with Crippen molar-refractivity contribution < 1.29 is 14.7 Å². The summed E-state index contributed by atoms with van der Waals surface area (Å²) in [5, 5.41) is 10.1. The molecule has 166 valence electrons. The number of H-pyrrole nitrogens is 1. The second-order valence-electron chi connectivity index (χ2n) is 9.95. The van der Waals surface area contributed by atoms with E-state index in [4.69, 9.17) is 6.42 Å². The van der Waals surface area contributed by atoms with Crippen molar-refractivity contribution in [2.24, 2.45) is 5.41 Å². The van der Waals surface area contributed by atoms with Gasteiger partial charge in [0.25, 0.3) is 0 Å². The summed E-state index contributed by atoms with van der Waals surface area (Å²) in [6, 6.07) is 5.90. The van der Waals surface area contributed by atoms with E-state index < -0.39 is 11.4 Å². The van der Waals surface area contributed by atoms with Crippen LogP contribution in [0.4, 0.5) is 0 Å². The number of aromatic nitrogens is 2. The number of rotatable bonds is 6. The summed E-state index contributed by atoms with van der Waals surface area (Å²) >= 11 is 0. The van der Waals surface area contributed by atoms with Crippen LogP contribution in [0.1, 0.15) is 91.8 Å². The first-order valence-electron chi connectivity index (χ1n) is 11.4. The zero-order chi connectivity index (χ0) is 22.9. The van der Waals surface area contributed by atoms with Crippen LogP contribution in [0.15, 0.2) is 30.5 Å². The van der Waals surface area contributed by atoms with Crippen molar-refractivity contribution in [1.29, 1.82) is 0 Å². The number of Topliss-reactive ketones (excluding diaryl/α,β-unsaturated/α-hetero) is 1. The maximum atomic E-state index is 12.9. The highest BCUT2D eigenvalue weighted by Gasteiger charge is 2.43. The number of imidazole rings is 1. The molecule has 1 fully saturated rings. The molecule has 0 atom stereocenters. The van der Waals surface area contributed by atoms with E-state index in [2.05, 4.69) is 35.8 Å². The number of nitrogens with zero attached hydrogens (tertiary/aromatic N) is 1. The molecule has 1 heterocycles. The normalized spacial score (nSPS) is 19.2. The largest absolute Gasteiger partial charge is 0.481 e. The lowest BCUT2D eigenvalue weighted by Crippen LogP contribution is -2.32. The molecule has 5 heteroatoms. The molecule has 0 bridgehead atoms. The summed E-state index contributed by atoms with van der Waals surface area (Å²) in [4.78, 5) is 32.2. The molecule has 1 aromatic carbocycles. The fourth-order valence-corrected chi connectivity index (χ4v) is 5.05. The predicted molar refractivity (Wildman–Crippen MR) is 124 cm³/mol. The molecular formula is C27H30N2O3. The van der Waals surface area contributed by atoms with Gasteiger partial charge in [-0.05, 0) is 59.8 Å². The van der Waals surface area contributed by atoms with Crippen LogP contribution in [0.5, 0.6) is 0 Å². The van der Waals surface area contributed by atoms with Crippen molar-refractivity contribution in [1.82, 2.24) is 9.97 Å².